The Morgan fingerprint density at radius 3 is 2.65 bits per heavy atom. The standard InChI is InChI=1S/C12H14ClF3N2O2/c1-7-3-4-8(13)5-9(7)17-11(20)18(2)6-10(19)12(14,15)16/h3-5,10,19H,6H2,1-2H3,(H,17,20). The molecule has 0 spiro atoms. The Balaban J connectivity index is 2.69. The Morgan fingerprint density at radius 1 is 1.50 bits per heavy atom. The molecule has 1 unspecified atom stereocenters. The molecule has 0 saturated heterocycles. The number of aryl methyl sites for hydroxylation is 1. The second kappa shape index (κ2) is 6.32. The van der Waals surface area contributed by atoms with Crippen molar-refractivity contribution in [3.8, 4) is 0 Å². The predicted molar refractivity (Wildman–Crippen MR) is 69.9 cm³/mol. The fraction of sp³-hybridized carbons (Fsp3) is 0.417. The van der Waals surface area contributed by atoms with E-state index in [1.54, 1.807) is 19.1 Å². The number of carbonyl (C=O) groups is 1. The van der Waals surface area contributed by atoms with Gasteiger partial charge in [-0.2, -0.15) is 13.2 Å². The van der Waals surface area contributed by atoms with Gasteiger partial charge in [0.1, 0.15) is 0 Å². The molecule has 0 aliphatic heterocycles. The van der Waals surface area contributed by atoms with Crippen LogP contribution >= 0.6 is 11.6 Å². The maximum atomic E-state index is 12.2. The van der Waals surface area contributed by atoms with Crippen LogP contribution in [-0.2, 0) is 0 Å². The minimum atomic E-state index is -4.76. The highest BCUT2D eigenvalue weighted by atomic mass is 35.5. The van der Waals surface area contributed by atoms with E-state index in [9.17, 15) is 18.0 Å². The van der Waals surface area contributed by atoms with Crippen LogP contribution < -0.4 is 5.32 Å². The number of carbonyl (C=O) groups excluding carboxylic acids is 1. The van der Waals surface area contributed by atoms with Crippen LogP contribution in [0.15, 0.2) is 18.2 Å². The zero-order chi connectivity index (χ0) is 15.5. The van der Waals surface area contributed by atoms with E-state index >= 15 is 0 Å². The number of nitrogens with one attached hydrogen (secondary N) is 1. The van der Waals surface area contributed by atoms with Crippen LogP contribution in [0.2, 0.25) is 5.02 Å². The van der Waals surface area contributed by atoms with Crippen molar-refractivity contribution in [3.63, 3.8) is 0 Å². The number of aliphatic hydroxyl groups excluding tert-OH is 1. The van der Waals surface area contributed by atoms with Gasteiger partial charge in [-0.15, -0.1) is 0 Å². The SMILES string of the molecule is Cc1ccc(Cl)cc1NC(=O)N(C)CC(O)C(F)(F)F. The molecule has 0 saturated carbocycles. The van der Waals surface area contributed by atoms with Gasteiger partial charge in [-0.1, -0.05) is 17.7 Å². The van der Waals surface area contributed by atoms with Crippen molar-refractivity contribution in [2.24, 2.45) is 0 Å². The van der Waals surface area contributed by atoms with Gasteiger partial charge in [-0.3, -0.25) is 0 Å². The van der Waals surface area contributed by atoms with Crippen LogP contribution in [0.5, 0.6) is 0 Å². The molecule has 0 fully saturated rings. The molecule has 0 heterocycles. The fourth-order valence-corrected chi connectivity index (χ4v) is 1.56. The van der Waals surface area contributed by atoms with Gasteiger partial charge in [-0.25, -0.2) is 4.79 Å². The molecule has 4 nitrogen and oxygen atoms in total. The summed E-state index contributed by atoms with van der Waals surface area (Å²) in [6, 6.07) is 4.02. The third-order valence-electron chi connectivity index (χ3n) is 2.61. The number of hydrogen-bond acceptors (Lipinski definition) is 2. The number of amides is 2. The maximum absolute atomic E-state index is 12.2. The van der Waals surface area contributed by atoms with Crippen LogP contribution in [0.25, 0.3) is 0 Å². The lowest BCUT2D eigenvalue weighted by Crippen LogP contribution is -2.43. The molecule has 2 amide bonds. The number of likely N-dealkylation sites (N-methyl/N-ethyl adjacent to an activating group) is 1. The monoisotopic (exact) mass is 310 g/mol. The van der Waals surface area contributed by atoms with Crippen molar-refractivity contribution in [3.05, 3.63) is 28.8 Å². The van der Waals surface area contributed by atoms with Gasteiger partial charge in [0.25, 0.3) is 0 Å². The van der Waals surface area contributed by atoms with Crippen molar-refractivity contribution < 1.29 is 23.1 Å². The summed E-state index contributed by atoms with van der Waals surface area (Å²) < 4.78 is 36.6. The summed E-state index contributed by atoms with van der Waals surface area (Å²) in [6.07, 6.45) is -7.35. The number of benzene rings is 1. The number of hydrogen-bond donors (Lipinski definition) is 2. The number of nitrogens with zero attached hydrogens (tertiary/aromatic N) is 1. The minimum Gasteiger partial charge on any atom is -0.382 e. The van der Waals surface area contributed by atoms with E-state index < -0.39 is 24.9 Å². The second-order valence-electron chi connectivity index (χ2n) is 4.33. The normalized spacial score (nSPS) is 12.9. The topological polar surface area (TPSA) is 52.6 Å². The zero-order valence-electron chi connectivity index (χ0n) is 10.8. The van der Waals surface area contributed by atoms with Crippen LogP contribution in [0.1, 0.15) is 5.56 Å². The summed E-state index contributed by atoms with van der Waals surface area (Å²) in [4.78, 5) is 12.5. The number of alkyl halides is 3. The predicted octanol–water partition coefficient (Wildman–Crippen LogP) is 3.04. The summed E-state index contributed by atoms with van der Waals surface area (Å²) in [5, 5.41) is 11.7. The molecule has 0 aromatic heterocycles. The Morgan fingerprint density at radius 2 is 2.10 bits per heavy atom. The number of rotatable bonds is 3. The number of halogens is 4. The fourth-order valence-electron chi connectivity index (χ4n) is 1.39. The Hall–Kier alpha value is -1.47. The van der Waals surface area contributed by atoms with Crippen LogP contribution in [0.3, 0.4) is 0 Å². The van der Waals surface area contributed by atoms with E-state index in [-0.39, 0.29) is 0 Å². The summed E-state index contributed by atoms with van der Waals surface area (Å²) in [6.45, 7) is 0.867. The van der Waals surface area contributed by atoms with Crippen molar-refractivity contribution >= 4 is 23.3 Å². The van der Waals surface area contributed by atoms with Crippen molar-refractivity contribution in [2.45, 2.75) is 19.2 Å². The molecule has 0 aliphatic carbocycles. The van der Waals surface area contributed by atoms with Gasteiger partial charge in [0.05, 0.1) is 6.54 Å². The largest absolute Gasteiger partial charge is 0.416 e. The summed E-state index contributed by atoms with van der Waals surface area (Å²) in [7, 11) is 1.16. The lowest BCUT2D eigenvalue weighted by Gasteiger charge is -2.23. The van der Waals surface area contributed by atoms with Gasteiger partial charge >= 0.3 is 12.2 Å². The van der Waals surface area contributed by atoms with Crippen molar-refractivity contribution in [1.82, 2.24) is 4.90 Å². The Bertz CT molecular complexity index is 494. The first-order valence-corrected chi connectivity index (χ1v) is 6.02. The number of anilines is 1. The molecular weight excluding hydrogens is 297 g/mol. The first-order chi connectivity index (χ1) is 9.11. The van der Waals surface area contributed by atoms with E-state index in [0.717, 1.165) is 11.9 Å². The van der Waals surface area contributed by atoms with Gasteiger partial charge in [0.15, 0.2) is 6.10 Å². The molecule has 2 N–H and O–H groups in total. The van der Waals surface area contributed by atoms with Gasteiger partial charge in [0, 0.05) is 17.8 Å². The van der Waals surface area contributed by atoms with Crippen LogP contribution in [0, 0.1) is 6.92 Å². The smallest absolute Gasteiger partial charge is 0.382 e. The van der Waals surface area contributed by atoms with Gasteiger partial charge < -0.3 is 15.3 Å². The molecule has 0 aliphatic rings. The number of urea groups is 1. The zero-order valence-corrected chi connectivity index (χ0v) is 11.6. The molecule has 1 atom stereocenters. The summed E-state index contributed by atoms with van der Waals surface area (Å²) >= 11 is 5.77. The van der Waals surface area contributed by atoms with Gasteiger partial charge in [-0.05, 0) is 24.6 Å². The van der Waals surface area contributed by atoms with E-state index in [2.05, 4.69) is 5.32 Å². The van der Waals surface area contributed by atoms with Crippen LogP contribution in [-0.4, -0.2) is 41.9 Å². The molecule has 1 aromatic rings. The van der Waals surface area contributed by atoms with E-state index in [1.165, 1.54) is 6.07 Å². The molecule has 0 bridgehead atoms. The first kappa shape index (κ1) is 16.6. The number of aliphatic hydroxyl groups is 1. The molecular formula is C12H14ClF3N2O2. The summed E-state index contributed by atoms with van der Waals surface area (Å²) in [5.74, 6) is 0. The van der Waals surface area contributed by atoms with Crippen molar-refractivity contribution in [2.75, 3.05) is 18.9 Å². The molecule has 1 rings (SSSR count). The highest BCUT2D eigenvalue weighted by Crippen LogP contribution is 2.22. The van der Waals surface area contributed by atoms with Gasteiger partial charge in [0.2, 0.25) is 0 Å². The highest BCUT2D eigenvalue weighted by Gasteiger charge is 2.39. The minimum absolute atomic E-state index is 0.392. The molecule has 0 radical (unpaired) electrons. The molecule has 1 aromatic carbocycles. The summed E-state index contributed by atoms with van der Waals surface area (Å²) in [5.41, 5.74) is 1.11. The highest BCUT2D eigenvalue weighted by molar-refractivity contribution is 6.31. The Labute approximate surface area is 119 Å². The lowest BCUT2D eigenvalue weighted by molar-refractivity contribution is -0.205. The lowest BCUT2D eigenvalue weighted by atomic mass is 10.2. The Kier molecular flexibility index (Phi) is 5.24. The average molecular weight is 311 g/mol. The third kappa shape index (κ3) is 4.57. The second-order valence-corrected chi connectivity index (χ2v) is 4.76. The average Bonchev–Trinajstić information content (AvgIpc) is 2.32. The molecule has 8 heteroatoms. The molecule has 112 valence electrons. The molecule has 20 heavy (non-hydrogen) atoms. The van der Waals surface area contributed by atoms with E-state index in [1.807, 2.05) is 0 Å². The van der Waals surface area contributed by atoms with Crippen LogP contribution in [0.4, 0.5) is 23.7 Å². The maximum Gasteiger partial charge on any atom is 0.416 e. The first-order valence-electron chi connectivity index (χ1n) is 5.64. The van der Waals surface area contributed by atoms with E-state index in [0.29, 0.717) is 16.3 Å². The third-order valence-corrected chi connectivity index (χ3v) is 2.85. The van der Waals surface area contributed by atoms with E-state index in [4.69, 9.17) is 16.7 Å². The quantitative estimate of drug-likeness (QED) is 0.901. The van der Waals surface area contributed by atoms with Crippen molar-refractivity contribution in [1.29, 1.82) is 0 Å².